The van der Waals surface area contributed by atoms with Crippen LogP contribution in [0.5, 0.6) is 0 Å². The smallest absolute Gasteiger partial charge is 0.287 e. The van der Waals surface area contributed by atoms with Gasteiger partial charge in [-0.05, 0) is 18.6 Å². The number of hydrogen-bond acceptors (Lipinski definition) is 5. The maximum Gasteiger partial charge on any atom is 0.287 e. The lowest BCUT2D eigenvalue weighted by Gasteiger charge is -2.17. The molecule has 102 valence electrons. The minimum atomic E-state index is -0.381. The molecular formula is C12H14ClN3O3. The normalized spacial score (nSPS) is 12.4. The Labute approximate surface area is 114 Å². The molecule has 6 nitrogen and oxygen atoms in total. The molecule has 2 aromatic heterocycles. The van der Waals surface area contributed by atoms with E-state index >= 15 is 0 Å². The second kappa shape index (κ2) is 5.90. The lowest BCUT2D eigenvalue weighted by Crippen LogP contribution is -2.22. The summed E-state index contributed by atoms with van der Waals surface area (Å²) >= 11 is 5.98. The van der Waals surface area contributed by atoms with Gasteiger partial charge in [0.05, 0.1) is 24.2 Å². The minimum absolute atomic E-state index is 0.0196. The fraction of sp³-hybridized carbons (Fsp3) is 0.333. The number of aliphatic hydroxyl groups excluding tert-OH is 1. The van der Waals surface area contributed by atoms with Crippen LogP contribution in [0, 0.1) is 0 Å². The van der Waals surface area contributed by atoms with Crippen molar-refractivity contribution in [2.24, 2.45) is 7.05 Å². The SMILES string of the molecule is Cn1ncc(NC(CCO)c2ccco2)c(Cl)c1=O. The Morgan fingerprint density at radius 1 is 1.63 bits per heavy atom. The molecule has 2 N–H and O–H groups in total. The van der Waals surface area contributed by atoms with Gasteiger partial charge in [0.1, 0.15) is 10.8 Å². The molecule has 2 heterocycles. The molecule has 0 aliphatic heterocycles. The molecule has 0 fully saturated rings. The van der Waals surface area contributed by atoms with Gasteiger partial charge in [0.15, 0.2) is 0 Å². The Balaban J connectivity index is 2.27. The standard InChI is InChI=1S/C12H14ClN3O3/c1-16-12(18)11(13)9(7-14-16)15-8(4-5-17)10-3-2-6-19-10/h2-3,6-8,15,17H,4-5H2,1H3. The second-order valence-electron chi connectivity index (χ2n) is 4.03. The maximum absolute atomic E-state index is 11.7. The first-order valence-electron chi connectivity index (χ1n) is 5.76. The lowest BCUT2D eigenvalue weighted by molar-refractivity contribution is 0.273. The second-order valence-corrected chi connectivity index (χ2v) is 4.40. The monoisotopic (exact) mass is 283 g/mol. The molecule has 0 saturated heterocycles. The fourth-order valence-electron chi connectivity index (χ4n) is 1.70. The molecule has 0 spiro atoms. The van der Waals surface area contributed by atoms with Gasteiger partial charge in [0.25, 0.3) is 5.56 Å². The van der Waals surface area contributed by atoms with Crippen LogP contribution in [0.4, 0.5) is 5.69 Å². The zero-order valence-electron chi connectivity index (χ0n) is 10.3. The van der Waals surface area contributed by atoms with Crippen LogP contribution in [-0.4, -0.2) is 21.5 Å². The van der Waals surface area contributed by atoms with Crippen molar-refractivity contribution in [3.05, 3.63) is 45.7 Å². The summed E-state index contributed by atoms with van der Waals surface area (Å²) in [7, 11) is 1.52. The molecule has 2 aromatic rings. The predicted molar refractivity (Wildman–Crippen MR) is 71.3 cm³/mol. The van der Waals surface area contributed by atoms with Gasteiger partial charge in [0.2, 0.25) is 0 Å². The number of furan rings is 1. The van der Waals surface area contributed by atoms with Crippen molar-refractivity contribution in [3.8, 4) is 0 Å². The quantitative estimate of drug-likeness (QED) is 0.870. The van der Waals surface area contributed by atoms with Crippen molar-refractivity contribution in [1.29, 1.82) is 0 Å². The Morgan fingerprint density at radius 2 is 2.42 bits per heavy atom. The van der Waals surface area contributed by atoms with Crippen molar-refractivity contribution in [1.82, 2.24) is 9.78 Å². The highest BCUT2D eigenvalue weighted by atomic mass is 35.5. The van der Waals surface area contributed by atoms with E-state index in [4.69, 9.17) is 21.1 Å². The number of aliphatic hydroxyl groups is 1. The summed E-state index contributed by atoms with van der Waals surface area (Å²) in [5.74, 6) is 0.658. The van der Waals surface area contributed by atoms with Crippen molar-refractivity contribution in [3.63, 3.8) is 0 Å². The third-order valence-corrected chi connectivity index (χ3v) is 3.08. The first-order valence-corrected chi connectivity index (χ1v) is 6.14. The summed E-state index contributed by atoms with van der Waals surface area (Å²) < 4.78 is 6.45. The average molecular weight is 284 g/mol. The molecule has 0 bridgehead atoms. The van der Waals surface area contributed by atoms with Gasteiger partial charge in [-0.25, -0.2) is 4.68 Å². The summed E-state index contributed by atoms with van der Waals surface area (Å²) in [6.07, 6.45) is 3.45. The zero-order chi connectivity index (χ0) is 13.8. The number of halogens is 1. The van der Waals surface area contributed by atoms with Crippen molar-refractivity contribution in [2.75, 3.05) is 11.9 Å². The molecule has 1 atom stereocenters. The summed E-state index contributed by atoms with van der Waals surface area (Å²) in [5.41, 5.74) is 0.0356. The summed E-state index contributed by atoms with van der Waals surface area (Å²) in [5, 5.41) is 16.1. The first-order chi connectivity index (χ1) is 9.13. The number of hydrogen-bond donors (Lipinski definition) is 2. The Hall–Kier alpha value is -1.79. The number of anilines is 1. The topological polar surface area (TPSA) is 80.3 Å². The van der Waals surface area contributed by atoms with Crippen LogP contribution in [0.3, 0.4) is 0 Å². The summed E-state index contributed by atoms with van der Waals surface area (Å²) in [4.78, 5) is 11.7. The van der Waals surface area contributed by atoms with Crippen molar-refractivity contribution in [2.45, 2.75) is 12.5 Å². The van der Waals surface area contributed by atoms with Crippen LogP contribution in [-0.2, 0) is 7.05 Å². The first kappa shape index (κ1) is 13.6. The Morgan fingerprint density at radius 3 is 3.05 bits per heavy atom. The van der Waals surface area contributed by atoms with Gasteiger partial charge in [-0.2, -0.15) is 5.10 Å². The highest BCUT2D eigenvalue weighted by molar-refractivity contribution is 6.32. The molecule has 0 amide bonds. The number of aromatic nitrogens is 2. The van der Waals surface area contributed by atoms with E-state index in [0.717, 1.165) is 4.68 Å². The van der Waals surface area contributed by atoms with Crippen LogP contribution < -0.4 is 10.9 Å². The van der Waals surface area contributed by atoms with Crippen LogP contribution in [0.1, 0.15) is 18.2 Å². The number of nitrogens with zero attached hydrogens (tertiary/aromatic N) is 2. The van der Waals surface area contributed by atoms with E-state index in [1.165, 1.54) is 13.2 Å². The molecule has 0 aliphatic rings. The number of rotatable bonds is 5. The van der Waals surface area contributed by atoms with Crippen LogP contribution in [0.15, 0.2) is 33.8 Å². The predicted octanol–water partition coefficient (Wildman–Crippen LogP) is 1.56. The summed E-state index contributed by atoms with van der Waals surface area (Å²) in [6.45, 7) is -0.0196. The summed E-state index contributed by atoms with van der Waals surface area (Å²) in [6, 6.07) is 3.27. The van der Waals surface area contributed by atoms with E-state index in [-0.39, 0.29) is 23.2 Å². The molecule has 0 aromatic carbocycles. The third-order valence-electron chi connectivity index (χ3n) is 2.71. The van der Waals surface area contributed by atoms with Gasteiger partial charge < -0.3 is 14.8 Å². The highest BCUT2D eigenvalue weighted by Gasteiger charge is 2.16. The van der Waals surface area contributed by atoms with Crippen molar-refractivity contribution < 1.29 is 9.52 Å². The van der Waals surface area contributed by atoms with Crippen LogP contribution >= 0.6 is 11.6 Å². The Kier molecular flexibility index (Phi) is 4.24. The number of nitrogens with one attached hydrogen (secondary N) is 1. The van der Waals surface area contributed by atoms with E-state index in [0.29, 0.717) is 17.9 Å². The van der Waals surface area contributed by atoms with Gasteiger partial charge in [0, 0.05) is 13.7 Å². The largest absolute Gasteiger partial charge is 0.467 e. The van der Waals surface area contributed by atoms with E-state index in [1.807, 2.05) is 0 Å². The highest BCUT2D eigenvalue weighted by Crippen LogP contribution is 2.25. The molecule has 0 saturated carbocycles. The molecule has 0 radical (unpaired) electrons. The molecular weight excluding hydrogens is 270 g/mol. The van der Waals surface area contributed by atoms with E-state index in [2.05, 4.69) is 10.4 Å². The average Bonchev–Trinajstić information content (AvgIpc) is 2.92. The lowest BCUT2D eigenvalue weighted by atomic mass is 10.1. The van der Waals surface area contributed by atoms with E-state index in [1.54, 1.807) is 18.4 Å². The van der Waals surface area contributed by atoms with Crippen LogP contribution in [0.25, 0.3) is 0 Å². The van der Waals surface area contributed by atoms with E-state index < -0.39 is 0 Å². The molecule has 1 unspecified atom stereocenters. The molecule has 0 aliphatic carbocycles. The third kappa shape index (κ3) is 2.97. The number of aryl methyl sites for hydroxylation is 1. The Bertz CT molecular complexity index is 595. The van der Waals surface area contributed by atoms with Gasteiger partial charge in [-0.3, -0.25) is 4.79 Å². The van der Waals surface area contributed by atoms with E-state index in [9.17, 15) is 4.79 Å². The maximum atomic E-state index is 11.7. The van der Waals surface area contributed by atoms with Crippen molar-refractivity contribution >= 4 is 17.3 Å². The molecule has 19 heavy (non-hydrogen) atoms. The minimum Gasteiger partial charge on any atom is -0.467 e. The molecule has 7 heteroatoms. The molecule has 2 rings (SSSR count). The van der Waals surface area contributed by atoms with Gasteiger partial charge in [-0.15, -0.1) is 0 Å². The fourth-order valence-corrected chi connectivity index (χ4v) is 1.93. The van der Waals surface area contributed by atoms with Gasteiger partial charge >= 0.3 is 0 Å². The van der Waals surface area contributed by atoms with Crippen LogP contribution in [0.2, 0.25) is 5.02 Å². The zero-order valence-corrected chi connectivity index (χ0v) is 11.1. The van der Waals surface area contributed by atoms with Gasteiger partial charge in [-0.1, -0.05) is 11.6 Å².